The van der Waals surface area contributed by atoms with Gasteiger partial charge in [0.2, 0.25) is 0 Å². The Morgan fingerprint density at radius 2 is 1.00 bits per heavy atom. The predicted octanol–water partition coefficient (Wildman–Crippen LogP) is 4.29. The van der Waals surface area contributed by atoms with E-state index in [9.17, 15) is 4.79 Å². The minimum atomic E-state index is 0.0812. The van der Waals surface area contributed by atoms with Crippen LogP contribution in [0.2, 0.25) is 0 Å². The number of rotatable bonds is 2. The molecule has 0 N–H and O–H groups in total. The number of benzene rings is 2. The molecular formula is C19H14O. The summed E-state index contributed by atoms with van der Waals surface area (Å²) in [5.41, 5.74) is 3.56. The Morgan fingerprint density at radius 1 is 0.600 bits per heavy atom. The number of ketones is 1. The molecule has 0 heterocycles. The molecule has 0 bridgehead atoms. The average molecular weight is 258 g/mol. The van der Waals surface area contributed by atoms with E-state index >= 15 is 0 Å². The van der Waals surface area contributed by atoms with Crippen LogP contribution in [-0.4, -0.2) is 5.78 Å². The Labute approximate surface area is 118 Å². The molecule has 0 fully saturated rings. The van der Waals surface area contributed by atoms with Crippen LogP contribution in [-0.2, 0) is 4.79 Å². The molecule has 0 amide bonds. The minimum absolute atomic E-state index is 0.0812. The van der Waals surface area contributed by atoms with Gasteiger partial charge in [0.1, 0.15) is 0 Å². The van der Waals surface area contributed by atoms with Gasteiger partial charge in [0.05, 0.1) is 0 Å². The van der Waals surface area contributed by atoms with Gasteiger partial charge in [-0.1, -0.05) is 72.8 Å². The van der Waals surface area contributed by atoms with E-state index in [-0.39, 0.29) is 5.78 Å². The summed E-state index contributed by atoms with van der Waals surface area (Å²) >= 11 is 0. The number of hydrogen-bond acceptors (Lipinski definition) is 1. The zero-order valence-electron chi connectivity index (χ0n) is 11.0. The van der Waals surface area contributed by atoms with Gasteiger partial charge in [0, 0.05) is 11.1 Å². The normalized spacial score (nSPS) is 18.1. The quantitative estimate of drug-likeness (QED) is 0.734. The second-order valence-corrected chi connectivity index (χ2v) is 4.68. The van der Waals surface area contributed by atoms with Gasteiger partial charge >= 0.3 is 0 Å². The topological polar surface area (TPSA) is 17.1 Å². The first-order valence-corrected chi connectivity index (χ1v) is 6.59. The molecule has 1 nitrogen and oxygen atoms in total. The van der Waals surface area contributed by atoms with E-state index in [1.165, 1.54) is 0 Å². The van der Waals surface area contributed by atoms with E-state index < -0.39 is 0 Å². The van der Waals surface area contributed by atoms with Crippen molar-refractivity contribution in [2.75, 3.05) is 0 Å². The summed E-state index contributed by atoms with van der Waals surface area (Å²) in [6.45, 7) is 0. The van der Waals surface area contributed by atoms with Gasteiger partial charge in [-0.05, 0) is 23.3 Å². The zero-order chi connectivity index (χ0) is 13.8. The molecule has 1 aliphatic carbocycles. The Balaban J connectivity index is 1.87. The van der Waals surface area contributed by atoms with Crippen LogP contribution >= 0.6 is 0 Å². The molecule has 0 aliphatic heterocycles. The van der Waals surface area contributed by atoms with Crippen molar-refractivity contribution in [3.63, 3.8) is 0 Å². The first kappa shape index (κ1) is 12.4. The van der Waals surface area contributed by atoms with Gasteiger partial charge in [-0.3, -0.25) is 4.79 Å². The van der Waals surface area contributed by atoms with E-state index in [1.807, 2.05) is 85.0 Å². The van der Waals surface area contributed by atoms with Crippen molar-refractivity contribution >= 4 is 17.9 Å². The summed E-state index contributed by atoms with van der Waals surface area (Å²) in [6, 6.07) is 19.8. The van der Waals surface area contributed by atoms with E-state index in [0.717, 1.165) is 22.3 Å². The third-order valence-corrected chi connectivity index (χ3v) is 3.21. The lowest BCUT2D eigenvalue weighted by Crippen LogP contribution is -1.96. The molecule has 0 unspecified atom stereocenters. The number of Topliss-reactive ketones (excluding diaryl/α,β-unsaturated/α-hetero) is 1. The van der Waals surface area contributed by atoms with Crippen molar-refractivity contribution in [2.24, 2.45) is 0 Å². The molecule has 0 atom stereocenters. The molecule has 0 aromatic heterocycles. The SMILES string of the molecule is O=C1/C(=C\c2ccccc2)C=C/C1=C\c1ccccc1. The molecule has 20 heavy (non-hydrogen) atoms. The highest BCUT2D eigenvalue weighted by molar-refractivity contribution is 6.19. The van der Waals surface area contributed by atoms with Crippen LogP contribution in [0.4, 0.5) is 0 Å². The van der Waals surface area contributed by atoms with Gasteiger partial charge in [-0.15, -0.1) is 0 Å². The van der Waals surface area contributed by atoms with Gasteiger partial charge in [-0.25, -0.2) is 0 Å². The Hall–Kier alpha value is -2.67. The van der Waals surface area contributed by atoms with Crippen LogP contribution in [0.3, 0.4) is 0 Å². The summed E-state index contributed by atoms with van der Waals surface area (Å²) in [5.74, 6) is 0.0812. The Kier molecular flexibility index (Phi) is 3.42. The lowest BCUT2D eigenvalue weighted by molar-refractivity contribution is -0.111. The second-order valence-electron chi connectivity index (χ2n) is 4.68. The molecule has 96 valence electrons. The van der Waals surface area contributed by atoms with Crippen molar-refractivity contribution < 1.29 is 4.79 Å². The third-order valence-electron chi connectivity index (χ3n) is 3.21. The summed E-state index contributed by atoms with van der Waals surface area (Å²) < 4.78 is 0. The molecule has 1 aliphatic rings. The van der Waals surface area contributed by atoms with E-state index in [2.05, 4.69) is 0 Å². The van der Waals surface area contributed by atoms with Gasteiger partial charge in [0.15, 0.2) is 5.78 Å². The minimum Gasteiger partial charge on any atom is -0.289 e. The summed E-state index contributed by atoms with van der Waals surface area (Å²) in [4.78, 5) is 12.3. The molecule has 0 saturated carbocycles. The monoisotopic (exact) mass is 258 g/mol. The molecule has 2 aromatic carbocycles. The van der Waals surface area contributed by atoms with Crippen molar-refractivity contribution in [2.45, 2.75) is 0 Å². The fourth-order valence-corrected chi connectivity index (χ4v) is 2.18. The smallest absolute Gasteiger partial charge is 0.193 e. The van der Waals surface area contributed by atoms with Gasteiger partial charge in [-0.2, -0.15) is 0 Å². The number of carbonyl (C=O) groups excluding carboxylic acids is 1. The highest BCUT2D eigenvalue weighted by atomic mass is 16.1. The molecular weight excluding hydrogens is 244 g/mol. The van der Waals surface area contributed by atoms with Crippen LogP contribution in [0.25, 0.3) is 12.2 Å². The highest BCUT2D eigenvalue weighted by Crippen LogP contribution is 2.22. The third kappa shape index (κ3) is 2.67. The van der Waals surface area contributed by atoms with E-state index in [1.54, 1.807) is 0 Å². The summed E-state index contributed by atoms with van der Waals surface area (Å²) in [6.07, 6.45) is 7.60. The lowest BCUT2D eigenvalue weighted by atomic mass is 10.1. The highest BCUT2D eigenvalue weighted by Gasteiger charge is 2.16. The van der Waals surface area contributed by atoms with E-state index in [4.69, 9.17) is 0 Å². The first-order chi connectivity index (χ1) is 9.83. The molecule has 2 aromatic rings. The number of allylic oxidation sites excluding steroid dienone is 4. The molecule has 0 spiro atoms. The molecule has 3 rings (SSSR count). The van der Waals surface area contributed by atoms with Crippen LogP contribution in [0.1, 0.15) is 11.1 Å². The lowest BCUT2D eigenvalue weighted by Gasteiger charge is -1.97. The predicted molar refractivity (Wildman–Crippen MR) is 83.0 cm³/mol. The maximum absolute atomic E-state index is 12.3. The van der Waals surface area contributed by atoms with Crippen LogP contribution in [0.15, 0.2) is 84.0 Å². The largest absolute Gasteiger partial charge is 0.289 e. The van der Waals surface area contributed by atoms with Crippen molar-refractivity contribution in [3.8, 4) is 0 Å². The van der Waals surface area contributed by atoms with Crippen LogP contribution in [0.5, 0.6) is 0 Å². The van der Waals surface area contributed by atoms with Crippen molar-refractivity contribution in [1.29, 1.82) is 0 Å². The second kappa shape index (κ2) is 5.54. The van der Waals surface area contributed by atoms with Gasteiger partial charge < -0.3 is 0 Å². The van der Waals surface area contributed by atoms with E-state index in [0.29, 0.717) is 0 Å². The Morgan fingerprint density at radius 3 is 1.40 bits per heavy atom. The summed E-state index contributed by atoms with van der Waals surface area (Å²) in [7, 11) is 0. The maximum Gasteiger partial charge on any atom is 0.193 e. The van der Waals surface area contributed by atoms with Gasteiger partial charge in [0.25, 0.3) is 0 Å². The standard InChI is InChI=1S/C19H14O/c20-19-17(13-15-7-3-1-4-8-15)11-12-18(19)14-16-9-5-2-6-10-16/h1-14H/b17-13-,18-14+. The fraction of sp³-hybridized carbons (Fsp3) is 0. The van der Waals surface area contributed by atoms with Crippen LogP contribution < -0.4 is 0 Å². The Bertz CT molecular complexity index is 642. The van der Waals surface area contributed by atoms with Crippen molar-refractivity contribution in [3.05, 3.63) is 95.1 Å². The molecule has 0 radical (unpaired) electrons. The average Bonchev–Trinajstić information content (AvgIpc) is 2.83. The fourth-order valence-electron chi connectivity index (χ4n) is 2.18. The van der Waals surface area contributed by atoms with Crippen LogP contribution in [0, 0.1) is 0 Å². The number of hydrogen-bond donors (Lipinski definition) is 0. The number of carbonyl (C=O) groups is 1. The first-order valence-electron chi connectivity index (χ1n) is 6.59. The van der Waals surface area contributed by atoms with Crippen molar-refractivity contribution in [1.82, 2.24) is 0 Å². The zero-order valence-corrected chi connectivity index (χ0v) is 11.0. The molecule has 0 saturated heterocycles. The molecule has 1 heteroatoms. The summed E-state index contributed by atoms with van der Waals surface area (Å²) in [5, 5.41) is 0. The maximum atomic E-state index is 12.3.